The lowest BCUT2D eigenvalue weighted by Gasteiger charge is -2.07. The molecule has 2 aromatic carbocycles. The highest BCUT2D eigenvalue weighted by Gasteiger charge is 2.08. The highest BCUT2D eigenvalue weighted by Crippen LogP contribution is 2.21. The van der Waals surface area contributed by atoms with Gasteiger partial charge in [0.2, 0.25) is 0 Å². The van der Waals surface area contributed by atoms with Gasteiger partial charge < -0.3 is 9.84 Å². The Balaban J connectivity index is 1.72. The van der Waals surface area contributed by atoms with Gasteiger partial charge in [-0.1, -0.05) is 41.0 Å². The second kappa shape index (κ2) is 5.97. The van der Waals surface area contributed by atoms with Crippen molar-refractivity contribution < 1.29 is 4.52 Å². The van der Waals surface area contributed by atoms with Gasteiger partial charge in [-0.25, -0.2) is 0 Å². The third kappa shape index (κ3) is 3.23. The van der Waals surface area contributed by atoms with E-state index in [0.717, 1.165) is 16.8 Å². The van der Waals surface area contributed by atoms with Crippen LogP contribution in [0.4, 0.5) is 5.69 Å². The summed E-state index contributed by atoms with van der Waals surface area (Å²) in [5.41, 5.74) is 3.00. The van der Waals surface area contributed by atoms with Crippen LogP contribution in [0, 0.1) is 6.92 Å². The van der Waals surface area contributed by atoms with Crippen molar-refractivity contribution in [1.82, 2.24) is 10.1 Å². The predicted molar refractivity (Wildman–Crippen MR) is 83.2 cm³/mol. The first-order valence-corrected chi connectivity index (χ1v) is 6.98. The van der Waals surface area contributed by atoms with Gasteiger partial charge in [-0.2, -0.15) is 4.98 Å². The topological polar surface area (TPSA) is 51.0 Å². The molecule has 1 N–H and O–H groups in total. The van der Waals surface area contributed by atoms with Crippen molar-refractivity contribution in [3.05, 3.63) is 64.9 Å². The second-order valence-electron chi connectivity index (χ2n) is 4.69. The van der Waals surface area contributed by atoms with Gasteiger partial charge in [-0.05, 0) is 36.8 Å². The van der Waals surface area contributed by atoms with Gasteiger partial charge in [0.05, 0.1) is 6.54 Å². The minimum atomic E-state index is 0.484. The molecule has 0 saturated heterocycles. The summed E-state index contributed by atoms with van der Waals surface area (Å²) < 4.78 is 5.27. The van der Waals surface area contributed by atoms with E-state index in [9.17, 15) is 0 Å². The third-order valence-electron chi connectivity index (χ3n) is 3.13. The van der Waals surface area contributed by atoms with Gasteiger partial charge in [-0.15, -0.1) is 0 Å². The molecular formula is C16H14ClN3O. The first kappa shape index (κ1) is 13.6. The molecule has 0 amide bonds. The van der Waals surface area contributed by atoms with Crippen molar-refractivity contribution in [2.75, 3.05) is 5.32 Å². The van der Waals surface area contributed by atoms with E-state index in [4.69, 9.17) is 16.1 Å². The summed E-state index contributed by atoms with van der Waals surface area (Å²) in [6.07, 6.45) is 0. The molecule has 0 aliphatic rings. The third-order valence-corrected chi connectivity index (χ3v) is 3.36. The van der Waals surface area contributed by atoms with Crippen LogP contribution < -0.4 is 5.32 Å². The fourth-order valence-corrected chi connectivity index (χ4v) is 2.15. The van der Waals surface area contributed by atoms with Crippen LogP contribution in [-0.2, 0) is 6.54 Å². The SMILES string of the molecule is Cc1ccc(Cl)cc1NCc1noc(-c2ccccc2)n1. The fraction of sp³-hybridized carbons (Fsp3) is 0.125. The Kier molecular flexibility index (Phi) is 3.88. The number of anilines is 1. The smallest absolute Gasteiger partial charge is 0.257 e. The maximum absolute atomic E-state index is 5.99. The number of nitrogens with zero attached hydrogens (tertiary/aromatic N) is 2. The van der Waals surface area contributed by atoms with Crippen molar-refractivity contribution in [1.29, 1.82) is 0 Å². The molecular weight excluding hydrogens is 286 g/mol. The molecule has 0 fully saturated rings. The van der Waals surface area contributed by atoms with E-state index in [2.05, 4.69) is 15.5 Å². The van der Waals surface area contributed by atoms with E-state index < -0.39 is 0 Å². The lowest BCUT2D eigenvalue weighted by atomic mass is 10.2. The largest absolute Gasteiger partial charge is 0.377 e. The van der Waals surface area contributed by atoms with Crippen LogP contribution in [0.5, 0.6) is 0 Å². The van der Waals surface area contributed by atoms with E-state index in [-0.39, 0.29) is 0 Å². The molecule has 0 aliphatic heterocycles. The molecule has 21 heavy (non-hydrogen) atoms. The Morgan fingerprint density at radius 1 is 1.14 bits per heavy atom. The van der Waals surface area contributed by atoms with Crippen molar-refractivity contribution in [3.8, 4) is 11.5 Å². The molecule has 4 nitrogen and oxygen atoms in total. The molecule has 1 heterocycles. The van der Waals surface area contributed by atoms with E-state index >= 15 is 0 Å². The maximum Gasteiger partial charge on any atom is 0.257 e. The number of nitrogens with one attached hydrogen (secondary N) is 1. The summed E-state index contributed by atoms with van der Waals surface area (Å²) in [5.74, 6) is 1.13. The zero-order valence-corrected chi connectivity index (χ0v) is 12.3. The average molecular weight is 300 g/mol. The summed E-state index contributed by atoms with van der Waals surface area (Å²) in [7, 11) is 0. The standard InChI is InChI=1S/C16H14ClN3O/c1-11-7-8-13(17)9-14(11)18-10-15-19-16(21-20-15)12-5-3-2-4-6-12/h2-9,18H,10H2,1H3. The molecule has 0 spiro atoms. The molecule has 0 unspecified atom stereocenters. The summed E-state index contributed by atoms with van der Waals surface area (Å²) in [6.45, 7) is 2.50. The molecule has 106 valence electrons. The zero-order valence-electron chi connectivity index (χ0n) is 11.5. The van der Waals surface area contributed by atoms with E-state index in [0.29, 0.717) is 23.3 Å². The first-order valence-electron chi connectivity index (χ1n) is 6.60. The van der Waals surface area contributed by atoms with Crippen LogP contribution in [-0.4, -0.2) is 10.1 Å². The number of halogens is 1. The minimum absolute atomic E-state index is 0.484. The van der Waals surface area contributed by atoms with E-state index in [1.807, 2.05) is 55.5 Å². The number of benzene rings is 2. The fourth-order valence-electron chi connectivity index (χ4n) is 1.98. The average Bonchev–Trinajstić information content (AvgIpc) is 2.98. The van der Waals surface area contributed by atoms with Crippen molar-refractivity contribution >= 4 is 17.3 Å². The highest BCUT2D eigenvalue weighted by atomic mass is 35.5. The van der Waals surface area contributed by atoms with Crippen molar-refractivity contribution in [2.24, 2.45) is 0 Å². The van der Waals surface area contributed by atoms with Crippen LogP contribution in [0.3, 0.4) is 0 Å². The lowest BCUT2D eigenvalue weighted by Crippen LogP contribution is -2.02. The Hall–Kier alpha value is -2.33. The zero-order chi connectivity index (χ0) is 14.7. The van der Waals surface area contributed by atoms with E-state index in [1.54, 1.807) is 0 Å². The molecule has 5 heteroatoms. The number of aromatic nitrogens is 2. The summed E-state index contributed by atoms with van der Waals surface area (Å²) in [5, 5.41) is 7.94. The van der Waals surface area contributed by atoms with Gasteiger partial charge in [0.25, 0.3) is 5.89 Å². The molecule has 0 atom stereocenters. The van der Waals surface area contributed by atoms with Crippen LogP contribution in [0.1, 0.15) is 11.4 Å². The quantitative estimate of drug-likeness (QED) is 0.780. The minimum Gasteiger partial charge on any atom is -0.377 e. The van der Waals surface area contributed by atoms with Gasteiger partial charge in [-0.3, -0.25) is 0 Å². The molecule has 1 aromatic heterocycles. The van der Waals surface area contributed by atoms with Crippen LogP contribution in [0.15, 0.2) is 53.1 Å². The molecule has 0 radical (unpaired) electrons. The second-order valence-corrected chi connectivity index (χ2v) is 5.13. The Morgan fingerprint density at radius 2 is 1.95 bits per heavy atom. The van der Waals surface area contributed by atoms with Gasteiger partial charge in [0, 0.05) is 16.3 Å². The number of hydrogen-bond donors (Lipinski definition) is 1. The number of rotatable bonds is 4. The monoisotopic (exact) mass is 299 g/mol. The van der Waals surface area contributed by atoms with Crippen molar-refractivity contribution in [2.45, 2.75) is 13.5 Å². The summed E-state index contributed by atoms with van der Waals surface area (Å²) in [6, 6.07) is 15.4. The molecule has 3 aromatic rings. The first-order chi connectivity index (χ1) is 10.2. The number of aryl methyl sites for hydroxylation is 1. The molecule has 0 saturated carbocycles. The van der Waals surface area contributed by atoms with Gasteiger partial charge in [0.1, 0.15) is 0 Å². The highest BCUT2D eigenvalue weighted by molar-refractivity contribution is 6.30. The Labute approximate surface area is 127 Å². The van der Waals surface area contributed by atoms with Crippen LogP contribution in [0.25, 0.3) is 11.5 Å². The van der Waals surface area contributed by atoms with Gasteiger partial charge >= 0.3 is 0 Å². The van der Waals surface area contributed by atoms with Crippen LogP contribution >= 0.6 is 11.6 Å². The maximum atomic E-state index is 5.99. The molecule has 3 rings (SSSR count). The molecule has 0 aliphatic carbocycles. The normalized spacial score (nSPS) is 10.6. The van der Waals surface area contributed by atoms with Gasteiger partial charge in [0.15, 0.2) is 5.82 Å². The predicted octanol–water partition coefficient (Wildman–Crippen LogP) is 4.31. The molecule has 0 bridgehead atoms. The lowest BCUT2D eigenvalue weighted by molar-refractivity contribution is 0.423. The summed E-state index contributed by atoms with van der Waals surface area (Å²) in [4.78, 5) is 4.37. The Bertz CT molecular complexity index is 740. The number of hydrogen-bond acceptors (Lipinski definition) is 4. The van der Waals surface area contributed by atoms with Crippen molar-refractivity contribution in [3.63, 3.8) is 0 Å². The Morgan fingerprint density at radius 3 is 2.76 bits per heavy atom. The summed E-state index contributed by atoms with van der Waals surface area (Å²) >= 11 is 5.99. The van der Waals surface area contributed by atoms with Crippen LogP contribution in [0.2, 0.25) is 5.02 Å². The van der Waals surface area contributed by atoms with E-state index in [1.165, 1.54) is 0 Å².